The van der Waals surface area contributed by atoms with Crippen molar-refractivity contribution in [1.29, 1.82) is 0 Å². The summed E-state index contributed by atoms with van der Waals surface area (Å²) in [6, 6.07) is 0. The number of aliphatic hydroxyl groups is 2. The highest BCUT2D eigenvalue weighted by Crippen LogP contribution is 2.34. The average molecular weight is 182 g/mol. The maximum Gasteiger partial charge on any atom is 0.301 e. The fraction of sp³-hybridized carbons (Fsp3) is 1.00. The maximum absolute atomic E-state index is 12.9. The molecule has 1 saturated heterocycles. The lowest BCUT2D eigenvalue weighted by molar-refractivity contribution is -0.280. The Morgan fingerprint density at radius 1 is 1.25 bits per heavy atom. The zero-order valence-electron chi connectivity index (χ0n) is 6.87. The molecule has 4 unspecified atom stereocenters. The minimum atomic E-state index is -3.37. The Hall–Kier alpha value is -0.260. The minimum Gasteiger partial charge on any atom is -0.387 e. The molecule has 3 nitrogen and oxygen atoms in total. The second kappa shape index (κ2) is 2.90. The fourth-order valence-corrected chi connectivity index (χ4v) is 1.22. The summed E-state index contributed by atoms with van der Waals surface area (Å²) in [5.41, 5.74) is 0. The second-order valence-corrected chi connectivity index (χ2v) is 3.09. The van der Waals surface area contributed by atoms with Crippen molar-refractivity contribution < 1.29 is 23.7 Å². The minimum absolute atomic E-state index is 0.755. The van der Waals surface area contributed by atoms with Gasteiger partial charge in [-0.3, -0.25) is 0 Å². The van der Waals surface area contributed by atoms with E-state index in [0.29, 0.717) is 0 Å². The van der Waals surface area contributed by atoms with Gasteiger partial charge in [0.1, 0.15) is 18.3 Å². The zero-order chi connectivity index (χ0) is 9.52. The summed E-state index contributed by atoms with van der Waals surface area (Å²) in [7, 11) is 0. The average Bonchev–Trinajstić information content (AvgIpc) is 1.99. The van der Waals surface area contributed by atoms with Gasteiger partial charge in [-0.1, -0.05) is 0 Å². The largest absolute Gasteiger partial charge is 0.387 e. The van der Waals surface area contributed by atoms with E-state index in [9.17, 15) is 8.78 Å². The van der Waals surface area contributed by atoms with Gasteiger partial charge in [-0.25, -0.2) is 8.78 Å². The molecule has 0 radical (unpaired) electrons. The van der Waals surface area contributed by atoms with E-state index in [2.05, 4.69) is 0 Å². The van der Waals surface area contributed by atoms with Crippen LogP contribution in [0.25, 0.3) is 0 Å². The molecule has 1 rings (SSSR count). The third-order valence-electron chi connectivity index (χ3n) is 2.16. The van der Waals surface area contributed by atoms with Gasteiger partial charge in [-0.2, -0.15) is 0 Å². The summed E-state index contributed by atoms with van der Waals surface area (Å²) in [4.78, 5) is 0. The van der Waals surface area contributed by atoms with E-state index in [4.69, 9.17) is 14.9 Å². The van der Waals surface area contributed by atoms with Crippen LogP contribution < -0.4 is 0 Å². The molecule has 0 aliphatic carbocycles. The number of halogens is 2. The van der Waals surface area contributed by atoms with Crippen LogP contribution in [0.15, 0.2) is 0 Å². The van der Waals surface area contributed by atoms with E-state index in [1.54, 1.807) is 0 Å². The molecule has 4 atom stereocenters. The molecule has 72 valence electrons. The van der Waals surface area contributed by atoms with Crippen LogP contribution in [-0.2, 0) is 4.74 Å². The summed E-state index contributed by atoms with van der Waals surface area (Å²) in [6.07, 6.45) is -5.66. The highest BCUT2D eigenvalue weighted by Gasteiger charge is 2.54. The summed E-state index contributed by atoms with van der Waals surface area (Å²) >= 11 is 0. The van der Waals surface area contributed by atoms with Gasteiger partial charge in [0.2, 0.25) is 0 Å². The number of alkyl halides is 2. The first-order chi connectivity index (χ1) is 5.37. The summed E-state index contributed by atoms with van der Waals surface area (Å²) in [5, 5.41) is 18.0. The molecular weight excluding hydrogens is 170 g/mol. The molecule has 0 saturated carbocycles. The van der Waals surface area contributed by atoms with Gasteiger partial charge >= 0.3 is 5.92 Å². The molecule has 0 aromatic heterocycles. The molecule has 5 heteroatoms. The van der Waals surface area contributed by atoms with Crippen molar-refractivity contribution in [3.8, 4) is 0 Å². The second-order valence-electron chi connectivity index (χ2n) is 3.09. The standard InChI is InChI=1S/C7H12F2O3/c1-3-5(10)6(11)7(8,9)4(2)12-3/h3-6,10-11H,1-2H3. The van der Waals surface area contributed by atoms with Crippen molar-refractivity contribution in [2.75, 3.05) is 0 Å². The van der Waals surface area contributed by atoms with Crippen molar-refractivity contribution in [3.63, 3.8) is 0 Å². The van der Waals surface area contributed by atoms with Crippen LogP contribution in [-0.4, -0.2) is 40.6 Å². The summed E-state index contributed by atoms with van der Waals surface area (Å²) in [5.74, 6) is -3.37. The number of hydrogen-bond donors (Lipinski definition) is 2. The molecule has 1 fully saturated rings. The Morgan fingerprint density at radius 3 is 2.25 bits per heavy atom. The van der Waals surface area contributed by atoms with E-state index < -0.39 is 30.3 Å². The third kappa shape index (κ3) is 1.32. The van der Waals surface area contributed by atoms with E-state index in [1.165, 1.54) is 13.8 Å². The Bertz CT molecular complexity index is 174. The molecule has 0 aromatic carbocycles. The number of aliphatic hydroxyl groups excluding tert-OH is 2. The lowest BCUT2D eigenvalue weighted by Crippen LogP contribution is -2.59. The van der Waals surface area contributed by atoms with Crippen LogP contribution >= 0.6 is 0 Å². The monoisotopic (exact) mass is 182 g/mol. The highest BCUT2D eigenvalue weighted by molar-refractivity contribution is 4.94. The Balaban J connectivity index is 2.80. The van der Waals surface area contributed by atoms with Crippen molar-refractivity contribution in [2.45, 2.75) is 44.2 Å². The van der Waals surface area contributed by atoms with E-state index in [-0.39, 0.29) is 0 Å². The topological polar surface area (TPSA) is 49.7 Å². The Morgan fingerprint density at radius 2 is 1.75 bits per heavy atom. The van der Waals surface area contributed by atoms with Gasteiger partial charge in [0.05, 0.1) is 6.10 Å². The van der Waals surface area contributed by atoms with Gasteiger partial charge in [0.25, 0.3) is 0 Å². The molecule has 1 aliphatic heterocycles. The zero-order valence-corrected chi connectivity index (χ0v) is 6.87. The van der Waals surface area contributed by atoms with Gasteiger partial charge in [0.15, 0.2) is 0 Å². The normalized spacial score (nSPS) is 47.5. The van der Waals surface area contributed by atoms with E-state index in [0.717, 1.165) is 0 Å². The molecule has 1 aliphatic rings. The quantitative estimate of drug-likeness (QED) is 0.560. The van der Waals surface area contributed by atoms with Crippen LogP contribution in [0, 0.1) is 0 Å². The number of rotatable bonds is 0. The predicted molar refractivity (Wildman–Crippen MR) is 37.0 cm³/mol. The first kappa shape index (κ1) is 9.83. The van der Waals surface area contributed by atoms with E-state index >= 15 is 0 Å². The van der Waals surface area contributed by atoms with Gasteiger partial charge in [0, 0.05) is 0 Å². The first-order valence-corrected chi connectivity index (χ1v) is 3.76. The Kier molecular flexibility index (Phi) is 2.38. The molecule has 2 N–H and O–H groups in total. The maximum atomic E-state index is 12.9. The van der Waals surface area contributed by atoms with Gasteiger partial charge in [-0.05, 0) is 13.8 Å². The predicted octanol–water partition coefficient (Wildman–Crippen LogP) is 0.151. The SMILES string of the molecule is CC1OC(C)C(F)(F)C(O)C1O. The van der Waals surface area contributed by atoms with Crippen molar-refractivity contribution >= 4 is 0 Å². The fourth-order valence-electron chi connectivity index (χ4n) is 1.22. The third-order valence-corrected chi connectivity index (χ3v) is 2.16. The molecular formula is C7H12F2O3. The lowest BCUT2D eigenvalue weighted by atomic mass is 9.95. The van der Waals surface area contributed by atoms with Crippen LogP contribution in [0.3, 0.4) is 0 Å². The first-order valence-electron chi connectivity index (χ1n) is 3.76. The molecule has 0 amide bonds. The summed E-state index contributed by atoms with van der Waals surface area (Å²) < 4.78 is 30.5. The molecule has 0 aromatic rings. The van der Waals surface area contributed by atoms with Crippen LogP contribution in [0.5, 0.6) is 0 Å². The van der Waals surface area contributed by atoms with Gasteiger partial charge in [-0.15, -0.1) is 0 Å². The van der Waals surface area contributed by atoms with Gasteiger partial charge < -0.3 is 14.9 Å². The van der Waals surface area contributed by atoms with Crippen molar-refractivity contribution in [2.24, 2.45) is 0 Å². The molecule has 1 heterocycles. The molecule has 0 bridgehead atoms. The number of ether oxygens (including phenoxy) is 1. The molecule has 0 spiro atoms. The Labute approximate surface area is 69.0 Å². The smallest absolute Gasteiger partial charge is 0.301 e. The van der Waals surface area contributed by atoms with Crippen LogP contribution in [0.2, 0.25) is 0 Å². The molecule has 12 heavy (non-hydrogen) atoms. The number of hydrogen-bond acceptors (Lipinski definition) is 3. The van der Waals surface area contributed by atoms with Crippen LogP contribution in [0.1, 0.15) is 13.8 Å². The lowest BCUT2D eigenvalue weighted by Gasteiger charge is -2.40. The highest BCUT2D eigenvalue weighted by atomic mass is 19.3. The summed E-state index contributed by atoms with van der Waals surface area (Å²) in [6.45, 7) is 2.62. The van der Waals surface area contributed by atoms with Crippen molar-refractivity contribution in [3.05, 3.63) is 0 Å². The van der Waals surface area contributed by atoms with Crippen molar-refractivity contribution in [1.82, 2.24) is 0 Å². The van der Waals surface area contributed by atoms with Crippen LogP contribution in [0.4, 0.5) is 8.78 Å². The van der Waals surface area contributed by atoms with E-state index in [1.807, 2.05) is 0 Å².